The molecule has 0 aliphatic heterocycles. The molecule has 0 unspecified atom stereocenters. The molecule has 0 saturated heterocycles. The molecule has 0 aromatic carbocycles. The largest absolute Gasteiger partial charge is 0.382 e. The van der Waals surface area contributed by atoms with Gasteiger partial charge in [0.1, 0.15) is 16.6 Å². The molecule has 6 nitrogen and oxygen atoms in total. The summed E-state index contributed by atoms with van der Waals surface area (Å²) in [6.45, 7) is 0.633. The van der Waals surface area contributed by atoms with Crippen molar-refractivity contribution in [1.82, 2.24) is 9.69 Å². The fraction of sp³-hybridized carbons (Fsp3) is 0.545. The maximum absolute atomic E-state index is 11.4. The van der Waals surface area contributed by atoms with E-state index in [1.165, 1.54) is 11.5 Å². The third kappa shape index (κ3) is 3.34. The van der Waals surface area contributed by atoms with E-state index < -0.39 is 0 Å². The van der Waals surface area contributed by atoms with Gasteiger partial charge in [0.2, 0.25) is 5.91 Å². The number of carbonyl (C=O) groups excluding carboxylic acids is 1. The predicted molar refractivity (Wildman–Crippen MR) is 70.1 cm³/mol. The summed E-state index contributed by atoms with van der Waals surface area (Å²) in [5.41, 5.74) is 5.93. The molecule has 96 valence electrons. The summed E-state index contributed by atoms with van der Waals surface area (Å²) in [4.78, 5) is 11.4. The molecule has 0 spiro atoms. The van der Waals surface area contributed by atoms with E-state index in [9.17, 15) is 4.79 Å². The highest BCUT2D eigenvalue weighted by molar-refractivity contribution is 7.10. The normalized spacial score (nSPS) is 13.9. The third-order valence-corrected chi connectivity index (χ3v) is 3.46. The topological polar surface area (TPSA) is 104 Å². The molecule has 1 amide bonds. The van der Waals surface area contributed by atoms with Gasteiger partial charge in [-0.15, -0.1) is 0 Å². The van der Waals surface area contributed by atoms with E-state index in [1.807, 2.05) is 6.07 Å². The van der Waals surface area contributed by atoms with Gasteiger partial charge in [-0.05, 0) is 30.8 Å². The van der Waals surface area contributed by atoms with Gasteiger partial charge in [-0.3, -0.25) is 4.79 Å². The van der Waals surface area contributed by atoms with Crippen LogP contribution in [0.3, 0.4) is 0 Å². The Hall–Kier alpha value is -1.81. The summed E-state index contributed by atoms with van der Waals surface area (Å²) in [5, 5.41) is 15.6. The highest BCUT2D eigenvalue weighted by Gasteiger charge is 2.22. The minimum atomic E-state index is 0.101. The zero-order valence-corrected chi connectivity index (χ0v) is 10.7. The fourth-order valence-electron chi connectivity index (χ4n) is 1.51. The highest BCUT2D eigenvalue weighted by atomic mass is 32.1. The Morgan fingerprint density at radius 1 is 1.61 bits per heavy atom. The van der Waals surface area contributed by atoms with Crippen molar-refractivity contribution in [3.8, 4) is 6.07 Å². The smallest absolute Gasteiger partial charge is 0.220 e. The summed E-state index contributed by atoms with van der Waals surface area (Å²) in [7, 11) is 0. The average Bonchev–Trinajstić information content (AvgIpc) is 3.08. The molecule has 1 fully saturated rings. The molecular weight excluding hydrogens is 250 g/mol. The van der Waals surface area contributed by atoms with Crippen LogP contribution in [0.1, 0.15) is 31.2 Å². The van der Waals surface area contributed by atoms with Crippen LogP contribution in [0.5, 0.6) is 0 Å². The molecule has 1 heterocycles. The number of nitrogen functional groups attached to an aromatic ring is 1. The number of carbonyl (C=O) groups is 1. The van der Waals surface area contributed by atoms with Gasteiger partial charge in [0.25, 0.3) is 0 Å². The maximum Gasteiger partial charge on any atom is 0.220 e. The summed E-state index contributed by atoms with van der Waals surface area (Å²) in [6.07, 6.45) is 3.44. The molecule has 1 aliphatic rings. The standard InChI is InChI=1S/C11H15N5OS/c12-6-8-10(13)16-18-11(8)14-5-1-2-9(17)15-7-3-4-7/h7,14H,1-5H2,(H2,13,16)(H,15,17). The summed E-state index contributed by atoms with van der Waals surface area (Å²) < 4.78 is 3.90. The van der Waals surface area contributed by atoms with Crippen LogP contribution in [0, 0.1) is 11.3 Å². The second-order valence-corrected chi connectivity index (χ2v) is 5.03. The van der Waals surface area contributed by atoms with E-state index >= 15 is 0 Å². The fourth-order valence-corrected chi connectivity index (χ4v) is 2.20. The molecule has 1 aromatic heterocycles. The van der Waals surface area contributed by atoms with Crippen molar-refractivity contribution in [2.75, 3.05) is 17.6 Å². The number of nitrogens with two attached hydrogens (primary N) is 1. The summed E-state index contributed by atoms with van der Waals surface area (Å²) in [5.74, 6) is 0.361. The lowest BCUT2D eigenvalue weighted by molar-refractivity contribution is -0.121. The first kappa shape index (κ1) is 12.6. The van der Waals surface area contributed by atoms with Crippen LogP contribution in [0.25, 0.3) is 0 Å². The quantitative estimate of drug-likeness (QED) is 0.667. The van der Waals surface area contributed by atoms with Gasteiger partial charge in [-0.1, -0.05) is 0 Å². The molecule has 1 aromatic rings. The van der Waals surface area contributed by atoms with Gasteiger partial charge in [-0.25, -0.2) is 0 Å². The molecule has 0 atom stereocenters. The van der Waals surface area contributed by atoms with Crippen LogP contribution in [0.15, 0.2) is 0 Å². The van der Waals surface area contributed by atoms with Gasteiger partial charge >= 0.3 is 0 Å². The molecule has 7 heteroatoms. The zero-order chi connectivity index (χ0) is 13.0. The van der Waals surface area contributed by atoms with Gasteiger partial charge in [0.15, 0.2) is 5.82 Å². The number of nitrogens with zero attached hydrogens (tertiary/aromatic N) is 2. The van der Waals surface area contributed by atoms with E-state index in [-0.39, 0.29) is 11.7 Å². The van der Waals surface area contributed by atoms with Crippen LogP contribution in [0.2, 0.25) is 0 Å². The molecule has 1 saturated carbocycles. The summed E-state index contributed by atoms with van der Waals surface area (Å²) >= 11 is 1.17. The number of hydrogen-bond donors (Lipinski definition) is 3. The molecule has 1 aliphatic carbocycles. The first-order valence-corrected chi connectivity index (χ1v) is 6.66. The van der Waals surface area contributed by atoms with Crippen molar-refractivity contribution in [2.45, 2.75) is 31.7 Å². The molecule has 4 N–H and O–H groups in total. The summed E-state index contributed by atoms with van der Waals surface area (Å²) in [6, 6.07) is 2.42. The number of nitriles is 1. The Bertz CT molecular complexity index is 474. The van der Waals surface area contributed by atoms with Crippen molar-refractivity contribution in [1.29, 1.82) is 5.26 Å². The Balaban J connectivity index is 1.68. The SMILES string of the molecule is N#Cc1c(N)nsc1NCCCC(=O)NC1CC1. The minimum Gasteiger partial charge on any atom is -0.382 e. The van der Waals surface area contributed by atoms with Crippen molar-refractivity contribution < 1.29 is 4.79 Å². The number of hydrogen-bond acceptors (Lipinski definition) is 6. The number of amides is 1. The van der Waals surface area contributed by atoms with Crippen molar-refractivity contribution in [3.05, 3.63) is 5.56 Å². The van der Waals surface area contributed by atoms with Gasteiger partial charge < -0.3 is 16.4 Å². The first-order valence-electron chi connectivity index (χ1n) is 5.89. The van der Waals surface area contributed by atoms with Crippen molar-refractivity contribution >= 4 is 28.3 Å². The van der Waals surface area contributed by atoms with E-state index in [1.54, 1.807) is 0 Å². The van der Waals surface area contributed by atoms with Gasteiger partial charge in [-0.2, -0.15) is 9.64 Å². The predicted octanol–water partition coefficient (Wildman–Crippen LogP) is 1.07. The van der Waals surface area contributed by atoms with Crippen LogP contribution in [-0.2, 0) is 4.79 Å². The Kier molecular flexibility index (Phi) is 3.99. The maximum atomic E-state index is 11.4. The molecule has 2 rings (SSSR count). The Morgan fingerprint density at radius 3 is 3.06 bits per heavy atom. The lowest BCUT2D eigenvalue weighted by Gasteiger charge is -2.04. The van der Waals surface area contributed by atoms with Gasteiger partial charge in [0, 0.05) is 19.0 Å². The van der Waals surface area contributed by atoms with E-state index in [0.717, 1.165) is 19.3 Å². The second-order valence-electron chi connectivity index (χ2n) is 4.26. The lowest BCUT2D eigenvalue weighted by Crippen LogP contribution is -2.25. The molecule has 0 radical (unpaired) electrons. The van der Waals surface area contributed by atoms with Crippen LogP contribution >= 0.6 is 11.5 Å². The highest BCUT2D eigenvalue weighted by Crippen LogP contribution is 2.25. The van der Waals surface area contributed by atoms with Crippen LogP contribution in [0.4, 0.5) is 10.8 Å². The lowest BCUT2D eigenvalue weighted by atomic mass is 10.3. The first-order chi connectivity index (χ1) is 8.70. The Morgan fingerprint density at radius 2 is 2.39 bits per heavy atom. The number of nitrogens with one attached hydrogen (secondary N) is 2. The van der Waals surface area contributed by atoms with Crippen LogP contribution in [-0.4, -0.2) is 22.9 Å². The van der Waals surface area contributed by atoms with Gasteiger partial charge in [0.05, 0.1) is 0 Å². The molecule has 18 heavy (non-hydrogen) atoms. The second kappa shape index (κ2) is 5.69. The molecule has 0 bridgehead atoms. The van der Waals surface area contributed by atoms with Crippen LogP contribution < -0.4 is 16.4 Å². The van der Waals surface area contributed by atoms with Crippen molar-refractivity contribution in [2.24, 2.45) is 0 Å². The monoisotopic (exact) mass is 265 g/mol. The number of rotatable bonds is 6. The third-order valence-electron chi connectivity index (χ3n) is 2.64. The Labute approximate surface area is 109 Å². The molecular formula is C11H15N5OS. The van der Waals surface area contributed by atoms with E-state index in [0.29, 0.717) is 29.6 Å². The number of aromatic nitrogens is 1. The minimum absolute atomic E-state index is 0.101. The number of anilines is 2. The van der Waals surface area contributed by atoms with Crippen molar-refractivity contribution in [3.63, 3.8) is 0 Å². The zero-order valence-electron chi connectivity index (χ0n) is 9.90. The van der Waals surface area contributed by atoms with E-state index in [2.05, 4.69) is 15.0 Å². The average molecular weight is 265 g/mol. The van der Waals surface area contributed by atoms with E-state index in [4.69, 9.17) is 11.0 Å².